The molecule has 0 amide bonds. The number of hydrogen-bond donors (Lipinski definition) is 1. The predicted octanol–water partition coefficient (Wildman–Crippen LogP) is 3.24. The van der Waals surface area contributed by atoms with Gasteiger partial charge in [0.2, 0.25) is 0 Å². The van der Waals surface area contributed by atoms with Gasteiger partial charge in [0.1, 0.15) is 10.6 Å². The molecular formula is C15H12BrNO3S. The molecule has 0 radical (unpaired) electrons. The van der Waals surface area contributed by atoms with Gasteiger partial charge < -0.3 is 4.74 Å². The highest BCUT2D eigenvalue weighted by molar-refractivity contribution is 9.10. The summed E-state index contributed by atoms with van der Waals surface area (Å²) in [6.07, 6.45) is 5.31. The highest BCUT2D eigenvalue weighted by Crippen LogP contribution is 2.28. The van der Waals surface area contributed by atoms with Gasteiger partial charge in [0.15, 0.2) is 0 Å². The Kier molecular flexibility index (Phi) is 4.56. The molecule has 1 N–H and O–H groups in total. The summed E-state index contributed by atoms with van der Waals surface area (Å²) >= 11 is 3.25. The summed E-state index contributed by atoms with van der Waals surface area (Å²) in [7, 11) is -2.36. The number of halogens is 1. The monoisotopic (exact) mass is 365 g/mol. The number of methoxy groups -OCH3 is 1. The summed E-state index contributed by atoms with van der Waals surface area (Å²) in [5, 5.41) is 0. The molecule has 2 rings (SSSR count). The van der Waals surface area contributed by atoms with Crippen molar-refractivity contribution in [1.29, 1.82) is 0 Å². The van der Waals surface area contributed by atoms with Crippen LogP contribution in [0.1, 0.15) is 5.56 Å². The van der Waals surface area contributed by atoms with Gasteiger partial charge in [0.25, 0.3) is 10.0 Å². The quantitative estimate of drug-likeness (QED) is 0.846. The van der Waals surface area contributed by atoms with Crippen LogP contribution in [0.4, 0.5) is 5.69 Å². The van der Waals surface area contributed by atoms with Crippen molar-refractivity contribution in [2.24, 2.45) is 0 Å². The molecule has 0 bridgehead atoms. The average molecular weight is 366 g/mol. The van der Waals surface area contributed by atoms with Crippen LogP contribution in [0.2, 0.25) is 0 Å². The molecule has 21 heavy (non-hydrogen) atoms. The van der Waals surface area contributed by atoms with E-state index in [0.29, 0.717) is 15.7 Å². The lowest BCUT2D eigenvalue weighted by atomic mass is 10.2. The zero-order chi connectivity index (χ0) is 15.5. The second-order valence-corrected chi connectivity index (χ2v) is 6.69. The van der Waals surface area contributed by atoms with Crippen LogP contribution in [0.3, 0.4) is 0 Å². The molecule has 0 spiro atoms. The largest absolute Gasteiger partial charge is 0.495 e. The number of nitrogens with one attached hydrogen (secondary N) is 1. The summed E-state index contributed by atoms with van der Waals surface area (Å²) in [5.74, 6) is 2.72. The molecule has 4 nitrogen and oxygen atoms in total. The number of ether oxygens (including phenoxy) is 1. The first kappa shape index (κ1) is 15.4. The Bertz CT molecular complexity index is 810. The number of benzene rings is 2. The summed E-state index contributed by atoms with van der Waals surface area (Å²) in [5.41, 5.74) is 0.990. The predicted molar refractivity (Wildman–Crippen MR) is 85.9 cm³/mol. The average Bonchev–Trinajstić information content (AvgIpc) is 2.47. The third kappa shape index (κ3) is 3.57. The van der Waals surface area contributed by atoms with Crippen molar-refractivity contribution in [3.05, 3.63) is 52.5 Å². The van der Waals surface area contributed by atoms with E-state index in [1.807, 2.05) is 0 Å². The fourth-order valence-corrected chi connectivity index (χ4v) is 3.50. The first-order valence-corrected chi connectivity index (χ1v) is 8.17. The molecule has 0 heterocycles. The van der Waals surface area contributed by atoms with Crippen molar-refractivity contribution in [2.75, 3.05) is 11.8 Å². The Hall–Kier alpha value is -1.97. The molecular weight excluding hydrogens is 354 g/mol. The van der Waals surface area contributed by atoms with Crippen molar-refractivity contribution in [3.63, 3.8) is 0 Å². The van der Waals surface area contributed by atoms with Gasteiger partial charge in [0.05, 0.1) is 12.8 Å². The van der Waals surface area contributed by atoms with E-state index < -0.39 is 10.0 Å². The van der Waals surface area contributed by atoms with Crippen LogP contribution in [0, 0.1) is 12.3 Å². The minimum atomic E-state index is -3.78. The maximum absolute atomic E-state index is 12.5. The standard InChI is InChI=1S/C15H12BrNO3S/c1-3-11-5-4-6-13(9-11)17-21(18,19)15-10-12(16)7-8-14(15)20-2/h1,4-10,17H,2H3. The number of rotatable bonds is 4. The minimum Gasteiger partial charge on any atom is -0.495 e. The SMILES string of the molecule is C#Cc1cccc(NS(=O)(=O)c2cc(Br)ccc2OC)c1. The van der Waals surface area contributed by atoms with E-state index in [-0.39, 0.29) is 10.6 Å². The molecule has 2 aromatic carbocycles. The number of hydrogen-bond acceptors (Lipinski definition) is 3. The third-order valence-electron chi connectivity index (χ3n) is 2.70. The zero-order valence-corrected chi connectivity index (χ0v) is 13.5. The molecule has 0 atom stereocenters. The second-order valence-electron chi connectivity index (χ2n) is 4.13. The lowest BCUT2D eigenvalue weighted by Gasteiger charge is -2.12. The molecule has 0 unspecified atom stereocenters. The van der Waals surface area contributed by atoms with Crippen molar-refractivity contribution in [2.45, 2.75) is 4.90 Å². The first-order valence-electron chi connectivity index (χ1n) is 5.89. The summed E-state index contributed by atoms with van der Waals surface area (Å²) in [6, 6.07) is 11.4. The van der Waals surface area contributed by atoms with Crippen LogP contribution in [0.15, 0.2) is 51.8 Å². The van der Waals surface area contributed by atoms with Crippen LogP contribution < -0.4 is 9.46 Å². The maximum Gasteiger partial charge on any atom is 0.265 e. The van der Waals surface area contributed by atoms with Gasteiger partial charge in [-0.3, -0.25) is 4.72 Å². The smallest absolute Gasteiger partial charge is 0.265 e. The van der Waals surface area contributed by atoms with Crippen LogP contribution in [-0.2, 0) is 10.0 Å². The molecule has 0 fully saturated rings. The topological polar surface area (TPSA) is 55.4 Å². The van der Waals surface area contributed by atoms with Crippen molar-refractivity contribution in [3.8, 4) is 18.1 Å². The molecule has 0 saturated heterocycles. The minimum absolute atomic E-state index is 0.0467. The molecule has 0 aliphatic carbocycles. The fourth-order valence-electron chi connectivity index (χ4n) is 1.74. The van der Waals surface area contributed by atoms with E-state index in [9.17, 15) is 8.42 Å². The van der Waals surface area contributed by atoms with E-state index >= 15 is 0 Å². The fraction of sp³-hybridized carbons (Fsp3) is 0.0667. The second kappa shape index (κ2) is 6.20. The van der Waals surface area contributed by atoms with Gasteiger partial charge >= 0.3 is 0 Å². The van der Waals surface area contributed by atoms with Gasteiger partial charge in [-0.15, -0.1) is 6.42 Å². The maximum atomic E-state index is 12.5. The van der Waals surface area contributed by atoms with Gasteiger partial charge in [-0.05, 0) is 36.4 Å². The van der Waals surface area contributed by atoms with E-state index in [1.165, 1.54) is 13.2 Å². The lowest BCUT2D eigenvalue weighted by molar-refractivity contribution is 0.403. The number of terminal acetylenes is 1. The van der Waals surface area contributed by atoms with Crippen molar-refractivity contribution >= 4 is 31.6 Å². The molecule has 0 aromatic heterocycles. The summed E-state index contributed by atoms with van der Waals surface area (Å²) in [6.45, 7) is 0. The van der Waals surface area contributed by atoms with Crippen LogP contribution in [0.25, 0.3) is 0 Å². The highest BCUT2D eigenvalue weighted by Gasteiger charge is 2.20. The Labute approximate surface area is 132 Å². The Morgan fingerprint density at radius 3 is 2.67 bits per heavy atom. The van der Waals surface area contributed by atoms with Crippen LogP contribution in [-0.4, -0.2) is 15.5 Å². The summed E-state index contributed by atoms with van der Waals surface area (Å²) < 4.78 is 33.2. The van der Waals surface area contributed by atoms with E-state index in [1.54, 1.807) is 36.4 Å². The van der Waals surface area contributed by atoms with Gasteiger partial charge in [0, 0.05) is 10.0 Å². The van der Waals surface area contributed by atoms with E-state index in [2.05, 4.69) is 26.6 Å². The van der Waals surface area contributed by atoms with Gasteiger partial charge in [-0.25, -0.2) is 8.42 Å². The van der Waals surface area contributed by atoms with Gasteiger partial charge in [-0.1, -0.05) is 27.9 Å². The van der Waals surface area contributed by atoms with Crippen molar-refractivity contribution < 1.29 is 13.2 Å². The van der Waals surface area contributed by atoms with Crippen LogP contribution >= 0.6 is 15.9 Å². The highest BCUT2D eigenvalue weighted by atomic mass is 79.9. The summed E-state index contributed by atoms with van der Waals surface area (Å²) in [4.78, 5) is 0.0467. The number of sulfonamides is 1. The third-order valence-corrected chi connectivity index (χ3v) is 4.59. The Balaban J connectivity index is 2.43. The first-order chi connectivity index (χ1) is 9.96. The Morgan fingerprint density at radius 1 is 1.24 bits per heavy atom. The normalized spacial score (nSPS) is 10.7. The molecule has 2 aromatic rings. The number of anilines is 1. The Morgan fingerprint density at radius 2 is 2.00 bits per heavy atom. The van der Waals surface area contributed by atoms with Crippen LogP contribution in [0.5, 0.6) is 5.75 Å². The van der Waals surface area contributed by atoms with Crippen molar-refractivity contribution in [1.82, 2.24) is 0 Å². The molecule has 0 aliphatic heterocycles. The molecule has 108 valence electrons. The zero-order valence-electron chi connectivity index (χ0n) is 11.1. The van der Waals surface area contributed by atoms with Gasteiger partial charge in [-0.2, -0.15) is 0 Å². The van der Waals surface area contributed by atoms with E-state index in [0.717, 1.165) is 0 Å². The molecule has 0 aliphatic rings. The molecule has 6 heteroatoms. The molecule has 0 saturated carbocycles. The van der Waals surface area contributed by atoms with E-state index in [4.69, 9.17) is 11.2 Å². The lowest BCUT2D eigenvalue weighted by Crippen LogP contribution is -2.14.